The molecule has 0 unspecified atom stereocenters. The molecule has 14 heteroatoms. The van der Waals surface area contributed by atoms with Gasteiger partial charge in [-0.15, -0.1) is 0 Å². The molecule has 1 atom stereocenters. The van der Waals surface area contributed by atoms with Gasteiger partial charge >= 0.3 is 5.69 Å². The van der Waals surface area contributed by atoms with Crippen LogP contribution in [0.25, 0.3) is 28.0 Å². The number of carbonyl (C=O) groups is 1. The van der Waals surface area contributed by atoms with E-state index in [9.17, 15) is 18.0 Å². The summed E-state index contributed by atoms with van der Waals surface area (Å²) in [7, 11) is -1.89. The molecule has 6 rings (SSSR count). The lowest BCUT2D eigenvalue weighted by Crippen LogP contribution is -2.54. The van der Waals surface area contributed by atoms with Crippen LogP contribution in [-0.4, -0.2) is 95.7 Å². The van der Waals surface area contributed by atoms with Crippen molar-refractivity contribution in [2.45, 2.75) is 23.8 Å². The number of pyridine rings is 2. The quantitative estimate of drug-likeness (QED) is 0.314. The summed E-state index contributed by atoms with van der Waals surface area (Å²) in [6, 6.07) is 7.39. The molecule has 2 aliphatic heterocycles. The molecule has 1 aromatic carbocycles. The van der Waals surface area contributed by atoms with Crippen molar-refractivity contribution in [3.8, 4) is 16.9 Å². The Hall–Kier alpha value is -4.69. The molecule has 0 bridgehead atoms. The third kappa shape index (κ3) is 5.33. The van der Waals surface area contributed by atoms with Crippen molar-refractivity contribution in [3.63, 3.8) is 0 Å². The number of carbonyl (C=O) groups excluding carboxylic acids is 1. The van der Waals surface area contributed by atoms with E-state index in [1.165, 1.54) is 41.2 Å². The summed E-state index contributed by atoms with van der Waals surface area (Å²) < 4.78 is 43.6. The van der Waals surface area contributed by atoms with Gasteiger partial charge in [0.15, 0.2) is 15.5 Å². The van der Waals surface area contributed by atoms with E-state index in [1.54, 1.807) is 17.0 Å². The average molecular weight is 633 g/mol. The van der Waals surface area contributed by atoms with Gasteiger partial charge in [0.05, 0.1) is 27.9 Å². The van der Waals surface area contributed by atoms with Crippen molar-refractivity contribution in [3.05, 3.63) is 77.2 Å². The topological polar surface area (TPSA) is 148 Å². The summed E-state index contributed by atoms with van der Waals surface area (Å²) >= 11 is 0. The van der Waals surface area contributed by atoms with Crippen LogP contribution in [-0.2, 0) is 14.6 Å². The van der Waals surface area contributed by atoms with Gasteiger partial charge in [-0.1, -0.05) is 18.7 Å². The van der Waals surface area contributed by atoms with Crippen molar-refractivity contribution < 1.29 is 17.6 Å². The van der Waals surface area contributed by atoms with Gasteiger partial charge in [0.2, 0.25) is 5.91 Å². The standard InChI is InChI=1S/C31H33FN8O4S/c1-5-26(41)38-11-12-39(18(2)15-38)29-22-13-23(32)27(21-9-10-34-14-24(21)33)35-30(22)40(31(42)36-29)28-20(19-16-37(3)17-19)7-6-8-25(28)45(4,43)44/h5-10,13-14,18-19H,1,11-12,15-17,33H2,2-4H3/t18-/m0/s1. The monoisotopic (exact) mass is 632 g/mol. The Labute approximate surface area is 259 Å². The molecule has 0 aliphatic carbocycles. The van der Waals surface area contributed by atoms with E-state index < -0.39 is 21.3 Å². The second-order valence-electron chi connectivity index (χ2n) is 11.6. The van der Waals surface area contributed by atoms with Crippen LogP contribution in [0.2, 0.25) is 0 Å². The highest BCUT2D eigenvalue weighted by atomic mass is 32.2. The van der Waals surface area contributed by atoms with Crippen LogP contribution in [0.3, 0.4) is 0 Å². The zero-order valence-electron chi connectivity index (χ0n) is 25.1. The lowest BCUT2D eigenvalue weighted by Gasteiger charge is -2.40. The van der Waals surface area contributed by atoms with E-state index >= 15 is 4.39 Å². The number of amides is 1. The minimum absolute atomic E-state index is 0.0273. The lowest BCUT2D eigenvalue weighted by atomic mass is 9.90. The van der Waals surface area contributed by atoms with Crippen molar-refractivity contribution >= 4 is 38.3 Å². The fourth-order valence-corrected chi connectivity index (χ4v) is 7.13. The van der Waals surface area contributed by atoms with Gasteiger partial charge in [-0.05, 0) is 43.8 Å². The number of fused-ring (bicyclic) bond motifs is 1. The van der Waals surface area contributed by atoms with E-state index in [-0.39, 0.29) is 62.2 Å². The van der Waals surface area contributed by atoms with E-state index in [4.69, 9.17) is 10.7 Å². The van der Waals surface area contributed by atoms with E-state index in [0.29, 0.717) is 38.3 Å². The lowest BCUT2D eigenvalue weighted by molar-refractivity contribution is -0.126. The normalized spacial score (nSPS) is 17.8. The van der Waals surface area contributed by atoms with Gasteiger partial charge in [-0.2, -0.15) is 4.98 Å². The molecule has 2 aliphatic rings. The highest BCUT2D eigenvalue weighted by Crippen LogP contribution is 2.37. The minimum Gasteiger partial charge on any atom is -0.397 e. The number of halogens is 1. The third-order valence-electron chi connectivity index (χ3n) is 8.45. The van der Waals surface area contributed by atoms with Crippen LogP contribution in [0.1, 0.15) is 18.4 Å². The summed E-state index contributed by atoms with van der Waals surface area (Å²) in [4.78, 5) is 45.2. The molecule has 5 heterocycles. The first-order valence-electron chi connectivity index (χ1n) is 14.4. The van der Waals surface area contributed by atoms with Gasteiger partial charge < -0.3 is 20.4 Å². The molecule has 2 N–H and O–H groups in total. The Bertz CT molecular complexity index is 2030. The largest absolute Gasteiger partial charge is 0.397 e. The van der Waals surface area contributed by atoms with E-state index in [1.807, 2.05) is 18.9 Å². The summed E-state index contributed by atoms with van der Waals surface area (Å²) in [5.41, 5.74) is 6.54. The Morgan fingerprint density at radius 3 is 2.56 bits per heavy atom. The zero-order chi connectivity index (χ0) is 32.2. The van der Waals surface area contributed by atoms with Gasteiger partial charge in [-0.3, -0.25) is 9.78 Å². The number of benzene rings is 1. The molecule has 2 saturated heterocycles. The number of para-hydroxylation sites is 1. The minimum atomic E-state index is -3.84. The molecule has 3 aromatic heterocycles. The molecule has 12 nitrogen and oxygen atoms in total. The smallest absolute Gasteiger partial charge is 0.355 e. The molecular weight excluding hydrogens is 599 g/mol. The highest BCUT2D eigenvalue weighted by molar-refractivity contribution is 7.90. The Kier molecular flexibility index (Phi) is 7.65. The second-order valence-corrected chi connectivity index (χ2v) is 13.6. The third-order valence-corrected chi connectivity index (χ3v) is 9.58. The SMILES string of the molecule is C=CC(=O)N1CCN(c2nc(=O)n(-c3c(C4CN(C)C4)cccc3S(C)(=O)=O)c3nc(-c4ccncc4N)c(F)cc23)[C@@H](C)C1. The molecule has 0 radical (unpaired) electrons. The highest BCUT2D eigenvalue weighted by Gasteiger charge is 2.34. The summed E-state index contributed by atoms with van der Waals surface area (Å²) in [6.07, 6.45) is 5.17. The summed E-state index contributed by atoms with van der Waals surface area (Å²) in [5, 5.41) is 0.207. The number of hydrogen-bond acceptors (Lipinski definition) is 10. The number of likely N-dealkylation sites (N-methyl/N-ethyl adjacent to an activating group) is 1. The second kappa shape index (κ2) is 11.3. The molecule has 2 fully saturated rings. The zero-order valence-corrected chi connectivity index (χ0v) is 26.0. The van der Waals surface area contributed by atoms with Gasteiger partial charge in [0, 0.05) is 62.7 Å². The molecular formula is C31H33FN8O4S. The maximum absolute atomic E-state index is 16.0. The molecule has 0 spiro atoms. The van der Waals surface area contributed by atoms with Gasteiger partial charge in [-0.25, -0.2) is 27.2 Å². The number of piperazine rings is 1. The predicted octanol–water partition coefficient (Wildman–Crippen LogP) is 2.22. The number of rotatable bonds is 6. The van der Waals surface area contributed by atoms with Crippen LogP contribution in [0.5, 0.6) is 0 Å². The number of aromatic nitrogens is 4. The Morgan fingerprint density at radius 1 is 1.16 bits per heavy atom. The molecule has 234 valence electrons. The number of sulfone groups is 1. The molecule has 4 aromatic rings. The predicted molar refractivity (Wildman–Crippen MR) is 170 cm³/mol. The van der Waals surface area contributed by atoms with Crippen LogP contribution in [0.4, 0.5) is 15.9 Å². The van der Waals surface area contributed by atoms with Crippen molar-refractivity contribution in [1.29, 1.82) is 0 Å². The maximum atomic E-state index is 16.0. The van der Waals surface area contributed by atoms with Crippen molar-refractivity contribution in [2.24, 2.45) is 0 Å². The summed E-state index contributed by atoms with van der Waals surface area (Å²) in [6.45, 7) is 7.73. The molecule has 0 saturated carbocycles. The number of anilines is 2. The number of nitrogen functional groups attached to an aromatic ring is 1. The number of nitrogens with two attached hydrogens (primary N) is 1. The molecule has 45 heavy (non-hydrogen) atoms. The maximum Gasteiger partial charge on any atom is 0.355 e. The Morgan fingerprint density at radius 2 is 1.91 bits per heavy atom. The average Bonchev–Trinajstić information content (AvgIpc) is 2.98. The number of likely N-dealkylation sites (tertiary alicyclic amines) is 1. The summed E-state index contributed by atoms with van der Waals surface area (Å²) in [5.74, 6) is -0.793. The fourth-order valence-electron chi connectivity index (χ4n) is 6.24. The van der Waals surface area contributed by atoms with Crippen molar-refractivity contribution in [1.82, 2.24) is 29.3 Å². The van der Waals surface area contributed by atoms with Crippen LogP contribution in [0, 0.1) is 5.82 Å². The first-order chi connectivity index (χ1) is 21.4. The number of hydrogen-bond donors (Lipinski definition) is 1. The first kappa shape index (κ1) is 30.3. The van der Waals surface area contributed by atoms with E-state index in [2.05, 4.69) is 21.4 Å². The first-order valence-corrected chi connectivity index (χ1v) is 16.3. The Balaban J connectivity index is 1.67. The van der Waals surface area contributed by atoms with Crippen LogP contribution >= 0.6 is 0 Å². The fraction of sp³-hybridized carbons (Fsp3) is 0.323. The van der Waals surface area contributed by atoms with Gasteiger partial charge in [0.25, 0.3) is 0 Å². The van der Waals surface area contributed by atoms with Gasteiger partial charge in [0.1, 0.15) is 17.3 Å². The van der Waals surface area contributed by atoms with E-state index in [0.717, 1.165) is 6.26 Å². The number of nitrogens with zero attached hydrogens (tertiary/aromatic N) is 7. The molecule has 1 amide bonds. The van der Waals surface area contributed by atoms with Crippen LogP contribution in [0.15, 0.2) is 65.1 Å². The van der Waals surface area contributed by atoms with Crippen molar-refractivity contribution in [2.75, 3.05) is 56.7 Å². The van der Waals surface area contributed by atoms with Crippen LogP contribution < -0.4 is 16.3 Å².